The highest BCUT2D eigenvalue weighted by Gasteiger charge is 2.33. The normalized spacial score (nSPS) is 24.2. The van der Waals surface area contributed by atoms with Crippen LogP contribution in [0.3, 0.4) is 0 Å². The number of hydrogen-bond donors (Lipinski definition) is 1. The van der Waals surface area contributed by atoms with Crippen LogP contribution in [-0.4, -0.2) is 25.1 Å². The maximum absolute atomic E-state index is 9.82. The molecule has 1 aliphatic carbocycles. The van der Waals surface area contributed by atoms with Crippen molar-refractivity contribution in [2.75, 3.05) is 13.9 Å². The Balaban J connectivity index is 2.27. The standard InChI is InChI=1S/C11H13ClO3/c1-14-6-15-11-9(13)5-7-3-2-4-8(12)10(7)11/h2-4,9,11,13H,5-6H2,1H3/t9-,11-/m0/s1. The molecule has 1 aliphatic rings. The first kappa shape index (κ1) is 10.9. The predicted octanol–water partition coefficient (Wildman–Crippen LogP) is 1.92. The van der Waals surface area contributed by atoms with E-state index in [1.54, 1.807) is 7.11 Å². The topological polar surface area (TPSA) is 38.7 Å². The molecule has 1 aromatic rings. The lowest BCUT2D eigenvalue weighted by molar-refractivity contribution is -0.108. The van der Waals surface area contributed by atoms with Crippen molar-refractivity contribution < 1.29 is 14.6 Å². The molecule has 0 aliphatic heterocycles. The van der Waals surface area contributed by atoms with E-state index < -0.39 is 6.10 Å². The zero-order valence-corrected chi connectivity index (χ0v) is 9.20. The molecule has 0 radical (unpaired) electrons. The van der Waals surface area contributed by atoms with Crippen LogP contribution in [0.15, 0.2) is 18.2 Å². The van der Waals surface area contributed by atoms with E-state index in [1.165, 1.54) is 0 Å². The van der Waals surface area contributed by atoms with Crippen LogP contribution in [0.2, 0.25) is 5.02 Å². The molecule has 3 nitrogen and oxygen atoms in total. The summed E-state index contributed by atoms with van der Waals surface area (Å²) in [5, 5.41) is 10.5. The molecule has 15 heavy (non-hydrogen) atoms. The van der Waals surface area contributed by atoms with Crippen LogP contribution in [0.4, 0.5) is 0 Å². The van der Waals surface area contributed by atoms with E-state index in [-0.39, 0.29) is 12.9 Å². The third-order valence-electron chi connectivity index (χ3n) is 2.57. The SMILES string of the molecule is COCO[C@@H]1c2c(Cl)cccc2C[C@@H]1O. The van der Waals surface area contributed by atoms with Gasteiger partial charge in [0.25, 0.3) is 0 Å². The highest BCUT2D eigenvalue weighted by atomic mass is 35.5. The molecule has 82 valence electrons. The van der Waals surface area contributed by atoms with Crippen LogP contribution in [-0.2, 0) is 15.9 Å². The maximum Gasteiger partial charge on any atom is 0.147 e. The number of methoxy groups -OCH3 is 1. The van der Waals surface area contributed by atoms with Crippen molar-refractivity contribution in [2.24, 2.45) is 0 Å². The molecular weight excluding hydrogens is 216 g/mol. The van der Waals surface area contributed by atoms with Gasteiger partial charge < -0.3 is 14.6 Å². The summed E-state index contributed by atoms with van der Waals surface area (Å²) in [4.78, 5) is 0. The molecule has 0 aromatic heterocycles. The summed E-state index contributed by atoms with van der Waals surface area (Å²) >= 11 is 6.08. The Morgan fingerprint density at radius 2 is 2.33 bits per heavy atom. The monoisotopic (exact) mass is 228 g/mol. The second-order valence-electron chi connectivity index (χ2n) is 3.58. The van der Waals surface area contributed by atoms with Crippen LogP contribution in [0, 0.1) is 0 Å². The minimum Gasteiger partial charge on any atom is -0.390 e. The predicted molar refractivity (Wildman–Crippen MR) is 56.9 cm³/mol. The Hall–Kier alpha value is -0.610. The van der Waals surface area contributed by atoms with Gasteiger partial charge in [-0.05, 0) is 11.6 Å². The van der Waals surface area contributed by atoms with E-state index in [0.717, 1.165) is 11.1 Å². The summed E-state index contributed by atoms with van der Waals surface area (Å²) in [6.07, 6.45) is -0.312. The van der Waals surface area contributed by atoms with Gasteiger partial charge in [-0.3, -0.25) is 0 Å². The highest BCUT2D eigenvalue weighted by Crippen LogP contribution is 2.38. The fourth-order valence-corrected chi connectivity index (χ4v) is 2.24. The molecule has 0 saturated heterocycles. The highest BCUT2D eigenvalue weighted by molar-refractivity contribution is 6.31. The third kappa shape index (κ3) is 2.01. The molecule has 0 heterocycles. The van der Waals surface area contributed by atoms with Crippen molar-refractivity contribution in [3.05, 3.63) is 34.3 Å². The van der Waals surface area contributed by atoms with Gasteiger partial charge in [0, 0.05) is 24.1 Å². The Bertz CT molecular complexity index is 354. The van der Waals surface area contributed by atoms with Crippen molar-refractivity contribution in [1.82, 2.24) is 0 Å². The second-order valence-corrected chi connectivity index (χ2v) is 3.99. The second kappa shape index (κ2) is 4.49. The first-order valence-electron chi connectivity index (χ1n) is 4.80. The van der Waals surface area contributed by atoms with E-state index in [0.29, 0.717) is 11.4 Å². The van der Waals surface area contributed by atoms with Gasteiger partial charge in [-0.1, -0.05) is 23.7 Å². The number of fused-ring (bicyclic) bond motifs is 1. The number of aliphatic hydroxyl groups excluding tert-OH is 1. The van der Waals surface area contributed by atoms with Gasteiger partial charge in [-0.15, -0.1) is 0 Å². The van der Waals surface area contributed by atoms with Gasteiger partial charge in [-0.25, -0.2) is 0 Å². The molecule has 2 rings (SSSR count). The minimum atomic E-state index is -0.532. The Morgan fingerprint density at radius 3 is 3.07 bits per heavy atom. The van der Waals surface area contributed by atoms with Crippen molar-refractivity contribution >= 4 is 11.6 Å². The molecule has 4 heteroatoms. The molecular formula is C11H13ClO3. The van der Waals surface area contributed by atoms with Crippen LogP contribution in [0.1, 0.15) is 17.2 Å². The Labute approximate surface area is 93.6 Å². The van der Waals surface area contributed by atoms with E-state index in [9.17, 15) is 5.11 Å². The molecule has 0 spiro atoms. The zero-order valence-electron chi connectivity index (χ0n) is 8.44. The molecule has 0 amide bonds. The Morgan fingerprint density at radius 1 is 1.53 bits per heavy atom. The molecule has 2 atom stereocenters. The van der Waals surface area contributed by atoms with Gasteiger partial charge in [0.15, 0.2) is 0 Å². The van der Waals surface area contributed by atoms with Crippen LogP contribution in [0.5, 0.6) is 0 Å². The van der Waals surface area contributed by atoms with Crippen molar-refractivity contribution in [1.29, 1.82) is 0 Å². The van der Waals surface area contributed by atoms with Gasteiger partial charge in [0.1, 0.15) is 12.9 Å². The first-order valence-corrected chi connectivity index (χ1v) is 5.17. The first-order chi connectivity index (χ1) is 7.24. The van der Waals surface area contributed by atoms with Crippen molar-refractivity contribution in [2.45, 2.75) is 18.6 Å². The lowest BCUT2D eigenvalue weighted by atomic mass is 10.1. The van der Waals surface area contributed by atoms with E-state index in [2.05, 4.69) is 0 Å². The lowest BCUT2D eigenvalue weighted by Gasteiger charge is -2.16. The van der Waals surface area contributed by atoms with Crippen LogP contribution in [0.25, 0.3) is 0 Å². The molecule has 0 bridgehead atoms. The van der Waals surface area contributed by atoms with Gasteiger partial charge in [0.2, 0.25) is 0 Å². The van der Waals surface area contributed by atoms with Gasteiger partial charge >= 0.3 is 0 Å². The number of ether oxygens (including phenoxy) is 2. The average Bonchev–Trinajstić information content (AvgIpc) is 2.53. The maximum atomic E-state index is 9.82. The van der Waals surface area contributed by atoms with E-state index >= 15 is 0 Å². The van der Waals surface area contributed by atoms with Crippen LogP contribution < -0.4 is 0 Å². The summed E-state index contributed by atoms with van der Waals surface area (Å²) in [7, 11) is 1.55. The zero-order chi connectivity index (χ0) is 10.8. The molecule has 0 fully saturated rings. The lowest BCUT2D eigenvalue weighted by Crippen LogP contribution is -2.17. The largest absolute Gasteiger partial charge is 0.390 e. The van der Waals surface area contributed by atoms with Crippen molar-refractivity contribution in [3.8, 4) is 0 Å². The fourth-order valence-electron chi connectivity index (χ4n) is 1.94. The smallest absolute Gasteiger partial charge is 0.147 e. The summed E-state index contributed by atoms with van der Waals surface area (Å²) < 4.78 is 10.2. The number of halogens is 1. The number of hydrogen-bond acceptors (Lipinski definition) is 3. The van der Waals surface area contributed by atoms with Gasteiger partial charge in [0.05, 0.1) is 6.10 Å². The van der Waals surface area contributed by atoms with Gasteiger partial charge in [-0.2, -0.15) is 0 Å². The third-order valence-corrected chi connectivity index (χ3v) is 2.90. The minimum absolute atomic E-state index is 0.159. The Kier molecular flexibility index (Phi) is 3.26. The van der Waals surface area contributed by atoms with E-state index in [1.807, 2.05) is 18.2 Å². The van der Waals surface area contributed by atoms with Crippen molar-refractivity contribution in [3.63, 3.8) is 0 Å². The molecule has 1 N–H and O–H groups in total. The number of rotatable bonds is 3. The van der Waals surface area contributed by atoms with Crippen LogP contribution >= 0.6 is 11.6 Å². The average molecular weight is 229 g/mol. The number of benzene rings is 1. The molecule has 1 aromatic carbocycles. The fraction of sp³-hybridized carbons (Fsp3) is 0.455. The molecule has 0 unspecified atom stereocenters. The summed E-state index contributed by atoms with van der Waals surface area (Å²) in [5.74, 6) is 0. The summed E-state index contributed by atoms with van der Waals surface area (Å²) in [6, 6.07) is 5.65. The number of aliphatic hydroxyl groups is 1. The molecule has 0 saturated carbocycles. The van der Waals surface area contributed by atoms with E-state index in [4.69, 9.17) is 21.1 Å². The quantitative estimate of drug-likeness (QED) is 0.804. The summed E-state index contributed by atoms with van der Waals surface area (Å²) in [6.45, 7) is 0.159. The summed E-state index contributed by atoms with van der Waals surface area (Å²) in [5.41, 5.74) is 1.94.